The summed E-state index contributed by atoms with van der Waals surface area (Å²) in [6, 6.07) is 8.27. The van der Waals surface area contributed by atoms with Gasteiger partial charge >= 0.3 is 0 Å². The van der Waals surface area contributed by atoms with E-state index in [4.69, 9.17) is 5.73 Å². The first-order chi connectivity index (χ1) is 7.42. The van der Waals surface area contributed by atoms with Gasteiger partial charge in [-0.25, -0.2) is 0 Å². The summed E-state index contributed by atoms with van der Waals surface area (Å²) in [6.07, 6.45) is 8.84. The monoisotopic (exact) mass is 198 g/mol. The molecule has 0 saturated carbocycles. The fourth-order valence-electron chi connectivity index (χ4n) is 1.59. The Balaban J connectivity index is 2.42. The molecule has 0 saturated heterocycles. The van der Waals surface area contributed by atoms with Crippen LogP contribution in [0.1, 0.15) is 12.0 Å². The smallest absolute Gasteiger partial charge is 0.0352 e. The quantitative estimate of drug-likeness (QED) is 0.823. The number of fused-ring (bicyclic) bond motifs is 1. The van der Waals surface area contributed by atoms with Crippen LogP contribution in [-0.2, 0) is 0 Å². The molecule has 1 heterocycles. The van der Waals surface area contributed by atoms with Crippen LogP contribution in [-0.4, -0.2) is 11.5 Å². The molecule has 76 valence electrons. The number of hydrogen-bond acceptors (Lipinski definition) is 2. The molecule has 2 nitrogen and oxygen atoms in total. The highest BCUT2D eigenvalue weighted by Gasteiger charge is 1.95. The maximum absolute atomic E-state index is 5.44. The molecule has 0 aliphatic rings. The van der Waals surface area contributed by atoms with Crippen LogP contribution in [0.15, 0.2) is 42.7 Å². The summed E-state index contributed by atoms with van der Waals surface area (Å²) >= 11 is 0. The predicted octanol–water partition coefficient (Wildman–Crippen LogP) is 2.60. The minimum atomic E-state index is 0.694. The summed E-state index contributed by atoms with van der Waals surface area (Å²) in [5, 5.41) is 2.41. The Kier molecular flexibility index (Phi) is 3.10. The van der Waals surface area contributed by atoms with Gasteiger partial charge in [-0.2, -0.15) is 0 Å². The number of hydrogen-bond donors (Lipinski definition) is 1. The van der Waals surface area contributed by atoms with E-state index in [0.29, 0.717) is 6.54 Å². The van der Waals surface area contributed by atoms with E-state index >= 15 is 0 Å². The van der Waals surface area contributed by atoms with Crippen LogP contribution in [0, 0.1) is 0 Å². The highest BCUT2D eigenvalue weighted by molar-refractivity contribution is 5.89. The largest absolute Gasteiger partial charge is 0.330 e. The number of benzene rings is 1. The van der Waals surface area contributed by atoms with Crippen LogP contribution in [0.3, 0.4) is 0 Å². The van der Waals surface area contributed by atoms with Crippen molar-refractivity contribution in [2.45, 2.75) is 6.42 Å². The molecule has 2 N–H and O–H groups in total. The third-order valence-electron chi connectivity index (χ3n) is 2.35. The van der Waals surface area contributed by atoms with Crippen LogP contribution in [0.5, 0.6) is 0 Å². The van der Waals surface area contributed by atoms with E-state index in [1.54, 1.807) is 0 Å². The van der Waals surface area contributed by atoms with Gasteiger partial charge in [-0.05, 0) is 30.0 Å². The second-order valence-electron chi connectivity index (χ2n) is 3.42. The van der Waals surface area contributed by atoms with Crippen molar-refractivity contribution in [2.75, 3.05) is 6.54 Å². The van der Waals surface area contributed by atoms with Crippen LogP contribution in [0.25, 0.3) is 16.8 Å². The van der Waals surface area contributed by atoms with Crippen LogP contribution < -0.4 is 5.73 Å². The molecule has 2 aromatic rings. The average Bonchev–Trinajstić information content (AvgIpc) is 2.30. The molecule has 15 heavy (non-hydrogen) atoms. The third kappa shape index (κ3) is 2.22. The Morgan fingerprint density at radius 2 is 2.20 bits per heavy atom. The lowest BCUT2D eigenvalue weighted by atomic mass is 10.1. The summed E-state index contributed by atoms with van der Waals surface area (Å²) in [7, 11) is 0. The molecule has 2 rings (SSSR count). The zero-order valence-electron chi connectivity index (χ0n) is 8.56. The number of nitrogens with two attached hydrogens (primary N) is 1. The topological polar surface area (TPSA) is 38.9 Å². The van der Waals surface area contributed by atoms with Gasteiger partial charge in [-0.15, -0.1) is 0 Å². The Morgan fingerprint density at radius 3 is 3.07 bits per heavy atom. The molecule has 0 amide bonds. The minimum Gasteiger partial charge on any atom is -0.330 e. The average molecular weight is 198 g/mol. The second-order valence-corrected chi connectivity index (χ2v) is 3.42. The van der Waals surface area contributed by atoms with Crippen molar-refractivity contribution in [1.82, 2.24) is 4.98 Å². The molecule has 2 heteroatoms. The summed E-state index contributed by atoms with van der Waals surface area (Å²) < 4.78 is 0. The fraction of sp³-hybridized carbons (Fsp3) is 0.154. The summed E-state index contributed by atoms with van der Waals surface area (Å²) in [4.78, 5) is 4.14. The maximum atomic E-state index is 5.44. The Labute approximate surface area is 89.4 Å². The van der Waals surface area contributed by atoms with Gasteiger partial charge in [0.2, 0.25) is 0 Å². The van der Waals surface area contributed by atoms with Gasteiger partial charge in [0.1, 0.15) is 0 Å². The zero-order valence-corrected chi connectivity index (χ0v) is 8.56. The van der Waals surface area contributed by atoms with Gasteiger partial charge < -0.3 is 5.73 Å². The summed E-state index contributed by atoms with van der Waals surface area (Å²) in [5.41, 5.74) is 6.64. The van der Waals surface area contributed by atoms with E-state index in [1.807, 2.05) is 18.5 Å². The van der Waals surface area contributed by atoms with Crippen molar-refractivity contribution in [2.24, 2.45) is 5.73 Å². The predicted molar refractivity (Wildman–Crippen MR) is 64.4 cm³/mol. The molecule has 1 aromatic heterocycles. The highest BCUT2D eigenvalue weighted by Crippen LogP contribution is 2.18. The van der Waals surface area contributed by atoms with Crippen LogP contribution in [0.2, 0.25) is 0 Å². The van der Waals surface area contributed by atoms with Crippen LogP contribution >= 0.6 is 0 Å². The molecule has 0 fully saturated rings. The van der Waals surface area contributed by atoms with Gasteiger partial charge in [-0.1, -0.05) is 30.4 Å². The van der Waals surface area contributed by atoms with Gasteiger partial charge in [0.25, 0.3) is 0 Å². The molecule has 1 aromatic carbocycles. The molecule has 0 bridgehead atoms. The lowest BCUT2D eigenvalue weighted by Gasteiger charge is -2.00. The first-order valence-corrected chi connectivity index (χ1v) is 5.11. The van der Waals surface area contributed by atoms with Gasteiger partial charge in [-0.3, -0.25) is 4.98 Å². The van der Waals surface area contributed by atoms with Crippen molar-refractivity contribution in [3.8, 4) is 0 Å². The molecule has 0 atom stereocenters. The Bertz CT molecular complexity index is 469. The summed E-state index contributed by atoms with van der Waals surface area (Å²) in [5.74, 6) is 0. The first kappa shape index (κ1) is 9.87. The first-order valence-electron chi connectivity index (χ1n) is 5.11. The lowest BCUT2D eigenvalue weighted by Crippen LogP contribution is -1.94. The van der Waals surface area contributed by atoms with Gasteiger partial charge in [0, 0.05) is 17.8 Å². The fourth-order valence-corrected chi connectivity index (χ4v) is 1.59. The van der Waals surface area contributed by atoms with Crippen molar-refractivity contribution < 1.29 is 0 Å². The molecule has 0 spiro atoms. The minimum absolute atomic E-state index is 0.694. The van der Waals surface area contributed by atoms with Gasteiger partial charge in [0.15, 0.2) is 0 Å². The van der Waals surface area contributed by atoms with Crippen molar-refractivity contribution in [3.05, 3.63) is 48.3 Å². The van der Waals surface area contributed by atoms with Crippen LogP contribution in [0.4, 0.5) is 0 Å². The zero-order chi connectivity index (χ0) is 10.5. The Hall–Kier alpha value is -1.67. The Morgan fingerprint density at radius 1 is 1.27 bits per heavy atom. The number of rotatable bonds is 3. The number of pyridine rings is 1. The molecular weight excluding hydrogens is 184 g/mol. The molecule has 0 aliphatic heterocycles. The molecular formula is C13H14N2. The standard InChI is InChI=1S/C13H14N2/c14-8-2-1-4-11-5-3-6-12-7-9-15-10-13(11)12/h1,3-7,9-10H,2,8,14H2. The van der Waals surface area contributed by atoms with E-state index in [-0.39, 0.29) is 0 Å². The van der Waals surface area contributed by atoms with E-state index in [9.17, 15) is 0 Å². The van der Waals surface area contributed by atoms with E-state index in [2.05, 4.69) is 35.3 Å². The molecule has 0 unspecified atom stereocenters. The second kappa shape index (κ2) is 4.71. The molecule has 0 aliphatic carbocycles. The van der Waals surface area contributed by atoms with E-state index in [0.717, 1.165) is 6.42 Å². The highest BCUT2D eigenvalue weighted by atomic mass is 14.6. The normalized spacial score (nSPS) is 11.3. The van der Waals surface area contributed by atoms with Crippen molar-refractivity contribution >= 4 is 16.8 Å². The van der Waals surface area contributed by atoms with Crippen molar-refractivity contribution in [3.63, 3.8) is 0 Å². The van der Waals surface area contributed by atoms with Gasteiger partial charge in [0.05, 0.1) is 0 Å². The number of aromatic nitrogens is 1. The summed E-state index contributed by atoms with van der Waals surface area (Å²) in [6.45, 7) is 0.694. The van der Waals surface area contributed by atoms with E-state index in [1.165, 1.54) is 16.3 Å². The van der Waals surface area contributed by atoms with Crippen molar-refractivity contribution in [1.29, 1.82) is 0 Å². The molecule has 0 radical (unpaired) electrons. The number of nitrogens with zero attached hydrogens (tertiary/aromatic N) is 1. The maximum Gasteiger partial charge on any atom is 0.0352 e. The van der Waals surface area contributed by atoms with E-state index < -0.39 is 0 Å². The lowest BCUT2D eigenvalue weighted by molar-refractivity contribution is 1.01. The SMILES string of the molecule is NCCC=Cc1cccc2ccncc12. The third-order valence-corrected chi connectivity index (χ3v) is 2.35.